The second kappa shape index (κ2) is 9.12. The van der Waals surface area contributed by atoms with E-state index in [-0.39, 0.29) is 22.5 Å². The van der Waals surface area contributed by atoms with Crippen molar-refractivity contribution in [1.29, 1.82) is 0 Å². The van der Waals surface area contributed by atoms with Crippen molar-refractivity contribution in [2.24, 2.45) is 0 Å². The first kappa shape index (κ1) is 16.0. The molecule has 0 aromatic carbocycles. The van der Waals surface area contributed by atoms with Crippen molar-refractivity contribution in [3.05, 3.63) is 0 Å². The Hall–Kier alpha value is 0.549. The SMILES string of the molecule is O.O=S([O-])[O-].[Cu+2]. The Kier molecular flexibility index (Phi) is 24.3. The molecule has 0 aromatic heterocycles. The molecule has 0 bridgehead atoms. The molecule has 0 aliphatic carbocycles. The van der Waals surface area contributed by atoms with Crippen LogP contribution in [0, 0.1) is 0 Å². The molecule has 0 aromatic rings. The zero-order valence-electron chi connectivity index (χ0n) is 2.43. The van der Waals surface area contributed by atoms with Crippen molar-refractivity contribution in [2.75, 3.05) is 0 Å². The van der Waals surface area contributed by atoms with Crippen LogP contribution in [0.2, 0.25) is 0 Å². The summed E-state index contributed by atoms with van der Waals surface area (Å²) in [4.78, 5) is 0. The molecule has 4 nitrogen and oxygen atoms in total. The molecule has 0 atom stereocenters. The maximum absolute atomic E-state index is 8.44. The molecule has 0 unspecified atom stereocenters. The summed E-state index contributed by atoms with van der Waals surface area (Å²) in [5.74, 6) is 0. The van der Waals surface area contributed by atoms with Crippen molar-refractivity contribution in [2.45, 2.75) is 0 Å². The zero-order chi connectivity index (χ0) is 3.58. The van der Waals surface area contributed by atoms with Crippen LogP contribution in [0.25, 0.3) is 0 Å². The smallest absolute Gasteiger partial charge is 0.784 e. The van der Waals surface area contributed by atoms with Crippen LogP contribution in [0.5, 0.6) is 0 Å². The molecule has 0 rings (SSSR count). The van der Waals surface area contributed by atoms with E-state index in [1.165, 1.54) is 0 Å². The van der Waals surface area contributed by atoms with Crippen molar-refractivity contribution >= 4 is 11.4 Å². The molecule has 6 heavy (non-hydrogen) atoms. The van der Waals surface area contributed by atoms with Gasteiger partial charge in [0.1, 0.15) is 0 Å². The first-order valence-electron chi connectivity index (χ1n) is 0.500. The molecule has 0 saturated heterocycles. The van der Waals surface area contributed by atoms with Gasteiger partial charge < -0.3 is 14.6 Å². The van der Waals surface area contributed by atoms with Crippen LogP contribution in [0.15, 0.2) is 0 Å². The summed E-state index contributed by atoms with van der Waals surface area (Å²) in [5.41, 5.74) is 0. The maximum Gasteiger partial charge on any atom is 2.00 e. The molecule has 43 valence electrons. The Morgan fingerprint density at radius 1 is 1.33 bits per heavy atom. The quantitative estimate of drug-likeness (QED) is 0.309. The summed E-state index contributed by atoms with van der Waals surface area (Å²) in [6.45, 7) is 0. The van der Waals surface area contributed by atoms with Crippen molar-refractivity contribution in [3.63, 3.8) is 0 Å². The Morgan fingerprint density at radius 3 is 1.33 bits per heavy atom. The van der Waals surface area contributed by atoms with Crippen molar-refractivity contribution < 1.29 is 35.9 Å². The molecule has 1 radical (unpaired) electrons. The van der Waals surface area contributed by atoms with Gasteiger partial charge in [0.15, 0.2) is 0 Å². The van der Waals surface area contributed by atoms with Gasteiger partial charge >= 0.3 is 17.1 Å². The summed E-state index contributed by atoms with van der Waals surface area (Å²) in [7, 11) is 0. The number of hydrogen-bond donors (Lipinski definition) is 0. The van der Waals surface area contributed by atoms with Crippen LogP contribution in [-0.2, 0) is 28.4 Å². The van der Waals surface area contributed by atoms with E-state index in [9.17, 15) is 0 Å². The van der Waals surface area contributed by atoms with E-state index in [1.807, 2.05) is 0 Å². The largest absolute Gasteiger partial charge is 2.00 e. The van der Waals surface area contributed by atoms with Gasteiger partial charge in [-0.05, 0) is 0 Å². The monoisotopic (exact) mass is 161 g/mol. The van der Waals surface area contributed by atoms with E-state index in [2.05, 4.69) is 0 Å². The minimum atomic E-state index is -3.11. The molecule has 0 aliphatic heterocycles. The third-order valence-corrected chi connectivity index (χ3v) is 0. The molecule has 0 saturated carbocycles. The summed E-state index contributed by atoms with van der Waals surface area (Å²) in [6, 6.07) is 0. The van der Waals surface area contributed by atoms with Gasteiger partial charge in [0.2, 0.25) is 0 Å². The van der Waals surface area contributed by atoms with Crippen LogP contribution >= 0.6 is 0 Å². The van der Waals surface area contributed by atoms with Gasteiger partial charge in [0, 0.05) is 0 Å². The molecule has 0 spiro atoms. The van der Waals surface area contributed by atoms with Crippen molar-refractivity contribution in [1.82, 2.24) is 0 Å². The first-order valence-corrected chi connectivity index (χ1v) is 1.50. The van der Waals surface area contributed by atoms with E-state index in [0.29, 0.717) is 0 Å². The predicted molar refractivity (Wildman–Crippen MR) is 13.3 cm³/mol. The van der Waals surface area contributed by atoms with Gasteiger partial charge in [0.25, 0.3) is 0 Å². The van der Waals surface area contributed by atoms with E-state index in [0.717, 1.165) is 0 Å². The summed E-state index contributed by atoms with van der Waals surface area (Å²) >= 11 is -3.11. The topological polar surface area (TPSA) is 94.7 Å². The average molecular weight is 162 g/mol. The molecular weight excluding hydrogens is 160 g/mol. The standard InChI is InChI=1S/Cu.H2O3S.H2O/c;1-4(2)3;/h;(H2,1,2,3);1H2/q+2;;/p-2. The second-order valence-electron chi connectivity index (χ2n) is 0.204. The van der Waals surface area contributed by atoms with Crippen LogP contribution < -0.4 is 0 Å². The Morgan fingerprint density at radius 2 is 1.33 bits per heavy atom. The fourth-order valence-corrected chi connectivity index (χ4v) is 0. The van der Waals surface area contributed by atoms with E-state index < -0.39 is 11.4 Å². The average Bonchev–Trinajstić information content (AvgIpc) is 0.811. The van der Waals surface area contributed by atoms with Gasteiger partial charge in [-0.2, -0.15) is 0 Å². The van der Waals surface area contributed by atoms with E-state index in [4.69, 9.17) is 13.3 Å². The molecule has 0 aliphatic rings. The fraction of sp³-hybridized carbons (Fsp3) is 0. The van der Waals surface area contributed by atoms with Gasteiger partial charge in [-0.1, -0.05) is 0 Å². The molecule has 0 fully saturated rings. The summed E-state index contributed by atoms with van der Waals surface area (Å²) < 4.78 is 25.3. The van der Waals surface area contributed by atoms with Crippen LogP contribution in [0.1, 0.15) is 0 Å². The molecule has 2 N–H and O–H groups in total. The predicted octanol–water partition coefficient (Wildman–Crippen LogP) is -1.83. The maximum atomic E-state index is 8.44. The number of rotatable bonds is 0. The Bertz CT molecular complexity index is 30.5. The Labute approximate surface area is 47.8 Å². The summed E-state index contributed by atoms with van der Waals surface area (Å²) in [6.07, 6.45) is 0. The fourth-order valence-electron chi connectivity index (χ4n) is 0. The molecular formula is H2CuO4S. The van der Waals surface area contributed by atoms with Crippen molar-refractivity contribution in [3.8, 4) is 0 Å². The third kappa shape index (κ3) is 190. The first-order chi connectivity index (χ1) is 1.73. The van der Waals surface area contributed by atoms with Crippen LogP contribution in [0.4, 0.5) is 0 Å². The van der Waals surface area contributed by atoms with Gasteiger partial charge in [0.05, 0.1) is 0 Å². The van der Waals surface area contributed by atoms with Gasteiger partial charge in [-0.25, -0.2) is 0 Å². The third-order valence-electron chi connectivity index (χ3n) is 0. The van der Waals surface area contributed by atoms with E-state index >= 15 is 0 Å². The molecule has 0 amide bonds. The second-order valence-corrected chi connectivity index (χ2v) is 0.612. The normalized spacial score (nSPS) is 5.83. The summed E-state index contributed by atoms with van der Waals surface area (Å²) in [5, 5.41) is 0. The van der Waals surface area contributed by atoms with Gasteiger partial charge in [-0.3, -0.25) is 4.21 Å². The van der Waals surface area contributed by atoms with Crippen LogP contribution in [-0.4, -0.2) is 18.8 Å². The minimum absolute atomic E-state index is 0. The minimum Gasteiger partial charge on any atom is -0.784 e. The Balaban J connectivity index is -0.0000000450. The van der Waals surface area contributed by atoms with Gasteiger partial charge in [-0.15, -0.1) is 11.4 Å². The van der Waals surface area contributed by atoms with E-state index in [1.54, 1.807) is 0 Å². The molecule has 0 heterocycles. The number of hydrogen-bond acceptors (Lipinski definition) is 3. The zero-order valence-corrected chi connectivity index (χ0v) is 4.19. The van der Waals surface area contributed by atoms with Crippen LogP contribution in [0.3, 0.4) is 0 Å². The molecule has 6 heteroatoms.